The summed E-state index contributed by atoms with van der Waals surface area (Å²) in [5, 5.41) is 0. The van der Waals surface area contributed by atoms with Gasteiger partial charge in [0.15, 0.2) is 0 Å². The first-order valence-corrected chi connectivity index (χ1v) is 0. The van der Waals surface area contributed by atoms with Crippen molar-refractivity contribution in [3.63, 3.8) is 0 Å². The molecule has 0 saturated carbocycles. The van der Waals surface area contributed by atoms with Crippen molar-refractivity contribution in [2.24, 2.45) is 0 Å². The summed E-state index contributed by atoms with van der Waals surface area (Å²) in [6.07, 6.45) is 0. The van der Waals surface area contributed by atoms with Crippen molar-refractivity contribution in [2.75, 3.05) is 0 Å². The van der Waals surface area contributed by atoms with Crippen LogP contribution in [-0.4, -0.2) is 43.8 Å². The van der Waals surface area contributed by atoms with Crippen LogP contribution in [0.1, 0.15) is 0 Å². The molecule has 0 aromatic rings. The van der Waals surface area contributed by atoms with Gasteiger partial charge in [-0.05, 0) is 0 Å². The molecule has 0 spiro atoms. The van der Waals surface area contributed by atoms with Gasteiger partial charge < -0.3 is 43.8 Å². The van der Waals surface area contributed by atoms with Crippen molar-refractivity contribution >= 4 is 0 Å². The van der Waals surface area contributed by atoms with Crippen molar-refractivity contribution in [1.29, 1.82) is 0 Å². The summed E-state index contributed by atoms with van der Waals surface area (Å²) in [5.41, 5.74) is 0. The van der Waals surface area contributed by atoms with E-state index in [1.54, 1.807) is 0 Å². The Hall–Kier alpha value is 0.680. The molecular formula is H16NaO8+. The van der Waals surface area contributed by atoms with Gasteiger partial charge in [-0.1, -0.05) is 0 Å². The molecule has 0 saturated heterocycles. The van der Waals surface area contributed by atoms with Crippen molar-refractivity contribution in [2.45, 2.75) is 0 Å². The SMILES string of the molecule is O.O.O.O.O.O.O.O.[Na+]. The van der Waals surface area contributed by atoms with E-state index in [4.69, 9.17) is 0 Å². The third kappa shape index (κ3) is 838. The van der Waals surface area contributed by atoms with Crippen molar-refractivity contribution in [3.8, 4) is 0 Å². The van der Waals surface area contributed by atoms with E-state index in [0.29, 0.717) is 0 Å². The predicted molar refractivity (Wildman–Crippen MR) is 28.9 cm³/mol. The van der Waals surface area contributed by atoms with Crippen molar-refractivity contribution in [3.05, 3.63) is 0 Å². The zero-order valence-electron chi connectivity index (χ0n) is 5.00. The third-order valence-corrected chi connectivity index (χ3v) is 0. The van der Waals surface area contributed by atoms with Crippen LogP contribution in [0.3, 0.4) is 0 Å². The zero-order valence-corrected chi connectivity index (χ0v) is 7.00. The van der Waals surface area contributed by atoms with Crippen LogP contribution in [0.2, 0.25) is 0 Å². The second kappa shape index (κ2) is 1110. The van der Waals surface area contributed by atoms with Gasteiger partial charge in [-0.3, -0.25) is 0 Å². The Morgan fingerprint density at radius 1 is 0.222 bits per heavy atom. The largest absolute Gasteiger partial charge is 1.00 e. The summed E-state index contributed by atoms with van der Waals surface area (Å²) >= 11 is 0. The van der Waals surface area contributed by atoms with E-state index in [1.807, 2.05) is 0 Å². The Morgan fingerprint density at radius 3 is 0.222 bits per heavy atom. The van der Waals surface area contributed by atoms with Crippen LogP contribution in [-0.2, 0) is 0 Å². The molecule has 0 unspecified atom stereocenters. The molecule has 8 nitrogen and oxygen atoms in total. The average molecular weight is 167 g/mol. The van der Waals surface area contributed by atoms with E-state index in [9.17, 15) is 0 Å². The fourth-order valence-electron chi connectivity index (χ4n) is 0. The molecule has 0 atom stereocenters. The molecule has 9 heteroatoms. The second-order valence-corrected chi connectivity index (χ2v) is 0. The molecule has 0 fully saturated rings. The summed E-state index contributed by atoms with van der Waals surface area (Å²) in [4.78, 5) is 0. The zero-order chi connectivity index (χ0) is 0. The average Bonchev–Trinajstić information content (AvgIpc) is 0. The molecule has 0 aliphatic carbocycles. The van der Waals surface area contributed by atoms with Crippen LogP contribution in [0.15, 0.2) is 0 Å². The van der Waals surface area contributed by atoms with Gasteiger partial charge in [0.1, 0.15) is 0 Å². The summed E-state index contributed by atoms with van der Waals surface area (Å²) in [6, 6.07) is 0. The number of hydrogen-bond donors (Lipinski definition) is 0. The van der Waals surface area contributed by atoms with Crippen molar-refractivity contribution in [1.82, 2.24) is 0 Å². The van der Waals surface area contributed by atoms with E-state index in [-0.39, 0.29) is 73.4 Å². The first-order chi connectivity index (χ1) is 0. The van der Waals surface area contributed by atoms with Crippen LogP contribution < -0.4 is 29.6 Å². The fourth-order valence-corrected chi connectivity index (χ4v) is 0. The van der Waals surface area contributed by atoms with Gasteiger partial charge in [0.05, 0.1) is 0 Å². The predicted octanol–water partition coefficient (Wildman–Crippen LogP) is -9.59. The molecular weight excluding hydrogens is 151 g/mol. The maximum atomic E-state index is 0. The van der Waals surface area contributed by atoms with Gasteiger partial charge in [0, 0.05) is 0 Å². The Kier molecular flexibility index (Phi) is 194000. The molecule has 0 rings (SSSR count). The van der Waals surface area contributed by atoms with Gasteiger partial charge in [-0.25, -0.2) is 0 Å². The molecule has 0 aliphatic heterocycles. The normalized spacial score (nSPS) is 0. The number of hydrogen-bond acceptors (Lipinski definition) is 0. The Labute approximate surface area is 73.6 Å². The minimum Gasteiger partial charge on any atom is -0.412 e. The Bertz CT molecular complexity index is 4.53. The molecule has 0 heterocycles. The van der Waals surface area contributed by atoms with E-state index < -0.39 is 0 Å². The van der Waals surface area contributed by atoms with Crippen LogP contribution in [0.5, 0.6) is 0 Å². The van der Waals surface area contributed by atoms with E-state index in [1.165, 1.54) is 0 Å². The van der Waals surface area contributed by atoms with Gasteiger partial charge in [0.25, 0.3) is 0 Å². The fraction of sp³-hybridized carbons (Fsp3) is 0. The minimum absolute atomic E-state index is 0. The smallest absolute Gasteiger partial charge is 0.412 e. The van der Waals surface area contributed by atoms with Gasteiger partial charge in [0.2, 0.25) is 0 Å². The summed E-state index contributed by atoms with van der Waals surface area (Å²) in [5.74, 6) is 0. The van der Waals surface area contributed by atoms with Gasteiger partial charge in [-0.15, -0.1) is 0 Å². The molecule has 0 radical (unpaired) electrons. The van der Waals surface area contributed by atoms with Crippen molar-refractivity contribution < 1.29 is 73.4 Å². The van der Waals surface area contributed by atoms with Crippen LogP contribution in [0.25, 0.3) is 0 Å². The van der Waals surface area contributed by atoms with Gasteiger partial charge >= 0.3 is 29.6 Å². The van der Waals surface area contributed by atoms with Crippen LogP contribution >= 0.6 is 0 Å². The molecule has 64 valence electrons. The first kappa shape index (κ1) is 1580. The van der Waals surface area contributed by atoms with E-state index >= 15 is 0 Å². The summed E-state index contributed by atoms with van der Waals surface area (Å²) in [7, 11) is 0. The maximum absolute atomic E-state index is 0. The first-order valence-electron chi connectivity index (χ1n) is 0. The topological polar surface area (TPSA) is 252 Å². The quantitative estimate of drug-likeness (QED) is 0.304. The molecule has 0 aromatic heterocycles. The molecule has 0 amide bonds. The van der Waals surface area contributed by atoms with Crippen LogP contribution in [0, 0.1) is 0 Å². The molecule has 0 aliphatic rings. The standard InChI is InChI=1S/Na.8H2O/h;8*1H2/q+1;;;;;;;;. The summed E-state index contributed by atoms with van der Waals surface area (Å²) in [6.45, 7) is 0. The monoisotopic (exact) mass is 167 g/mol. The summed E-state index contributed by atoms with van der Waals surface area (Å²) < 4.78 is 0. The molecule has 9 heavy (non-hydrogen) atoms. The third-order valence-electron chi connectivity index (χ3n) is 0. The van der Waals surface area contributed by atoms with E-state index in [0.717, 1.165) is 0 Å². The van der Waals surface area contributed by atoms with E-state index in [2.05, 4.69) is 0 Å². The maximum Gasteiger partial charge on any atom is 1.00 e. The number of rotatable bonds is 0. The van der Waals surface area contributed by atoms with Crippen LogP contribution in [0.4, 0.5) is 0 Å². The Morgan fingerprint density at radius 2 is 0.222 bits per heavy atom. The molecule has 0 aromatic carbocycles. The Balaban J connectivity index is 0. The molecule has 0 bridgehead atoms. The minimum atomic E-state index is 0. The van der Waals surface area contributed by atoms with Gasteiger partial charge in [-0.2, -0.15) is 0 Å². The molecule has 16 N–H and O–H groups in total. The second-order valence-electron chi connectivity index (χ2n) is 0.